The summed E-state index contributed by atoms with van der Waals surface area (Å²) >= 11 is 11.9. The van der Waals surface area contributed by atoms with Gasteiger partial charge in [0.05, 0.1) is 0 Å². The Morgan fingerprint density at radius 1 is 1.64 bits per heavy atom. The molecule has 4 nitrogen and oxygen atoms in total. The molecule has 1 rings (SSSR count). The molecule has 14 heavy (non-hydrogen) atoms. The van der Waals surface area contributed by atoms with Gasteiger partial charge < -0.3 is 5.73 Å². The Morgan fingerprint density at radius 3 is 2.86 bits per heavy atom. The third-order valence-corrected chi connectivity index (χ3v) is 5.65. The standard InChI is InChI=1S/C4H4N4S6/c5-1(9)11-2(6)13-14-4-8-7-3(10)12-4/h6H,(H2,5,9)(H,7,10). The summed E-state index contributed by atoms with van der Waals surface area (Å²) in [6, 6.07) is 0. The first-order valence-corrected chi connectivity index (χ1v) is 7.63. The lowest BCUT2D eigenvalue weighted by Gasteiger charge is -1.97. The highest BCUT2D eigenvalue weighted by Gasteiger charge is 2.05. The molecule has 0 atom stereocenters. The van der Waals surface area contributed by atoms with E-state index in [1.807, 2.05) is 0 Å². The lowest BCUT2D eigenvalue weighted by Crippen LogP contribution is -2.03. The van der Waals surface area contributed by atoms with E-state index in [2.05, 4.69) is 22.4 Å². The highest BCUT2D eigenvalue weighted by atomic mass is 33.1. The maximum absolute atomic E-state index is 7.45. The summed E-state index contributed by atoms with van der Waals surface area (Å²) in [7, 11) is 2.61. The van der Waals surface area contributed by atoms with Crippen LogP contribution in [0, 0.1) is 9.36 Å². The average Bonchev–Trinajstić information content (AvgIpc) is 2.47. The zero-order valence-corrected chi connectivity index (χ0v) is 11.4. The monoisotopic (exact) mass is 300 g/mol. The molecule has 0 aliphatic carbocycles. The lowest BCUT2D eigenvalue weighted by atomic mass is 11.5. The first-order chi connectivity index (χ1) is 6.58. The van der Waals surface area contributed by atoms with Crippen LogP contribution in [0.25, 0.3) is 0 Å². The molecule has 0 saturated carbocycles. The molecule has 0 amide bonds. The molecule has 0 spiro atoms. The van der Waals surface area contributed by atoms with Gasteiger partial charge in [0.1, 0.15) is 8.70 Å². The Bertz CT molecular complexity index is 393. The van der Waals surface area contributed by atoms with Crippen LogP contribution >= 0.6 is 69.1 Å². The molecule has 0 saturated heterocycles. The maximum atomic E-state index is 7.45. The molecule has 0 aliphatic heterocycles. The molecule has 0 radical (unpaired) electrons. The molecular weight excluding hydrogens is 296 g/mol. The van der Waals surface area contributed by atoms with Crippen LogP contribution in [0.2, 0.25) is 0 Å². The SMILES string of the molecule is N=C(SSc1n[nH]c(=S)s1)SC(N)=S. The van der Waals surface area contributed by atoms with Gasteiger partial charge in [-0.15, -0.1) is 0 Å². The number of H-pyrrole nitrogens is 1. The number of rotatable bonds is 2. The smallest absolute Gasteiger partial charge is 0.183 e. The second kappa shape index (κ2) is 6.08. The van der Waals surface area contributed by atoms with Crippen molar-refractivity contribution in [1.29, 1.82) is 5.41 Å². The minimum atomic E-state index is 0.248. The Hall–Kier alpha value is 0.390. The fraction of sp³-hybridized carbons (Fsp3) is 0. The summed E-state index contributed by atoms with van der Waals surface area (Å²) in [4.78, 5) is 0. The number of aromatic amines is 1. The Kier molecular flexibility index (Phi) is 5.41. The number of thiocarbonyl (C=S) groups is 1. The molecule has 0 unspecified atom stereocenters. The van der Waals surface area contributed by atoms with Gasteiger partial charge in [-0.1, -0.05) is 23.6 Å². The van der Waals surface area contributed by atoms with Gasteiger partial charge in [-0.3, -0.25) is 10.5 Å². The molecule has 0 fully saturated rings. The predicted molar refractivity (Wildman–Crippen MR) is 72.8 cm³/mol. The molecule has 1 aromatic rings. The van der Waals surface area contributed by atoms with Gasteiger partial charge >= 0.3 is 0 Å². The van der Waals surface area contributed by atoms with Crippen LogP contribution < -0.4 is 5.73 Å². The molecule has 10 heteroatoms. The van der Waals surface area contributed by atoms with Crippen molar-refractivity contribution in [2.24, 2.45) is 5.73 Å². The number of nitrogens with zero attached hydrogens (tertiary/aromatic N) is 1. The van der Waals surface area contributed by atoms with Crippen LogP contribution in [0.1, 0.15) is 0 Å². The van der Waals surface area contributed by atoms with Gasteiger partial charge in [0.25, 0.3) is 0 Å². The van der Waals surface area contributed by atoms with Crippen LogP contribution in [0.15, 0.2) is 4.34 Å². The van der Waals surface area contributed by atoms with E-state index in [-0.39, 0.29) is 4.32 Å². The second-order valence-corrected chi connectivity index (χ2v) is 7.82. The van der Waals surface area contributed by atoms with E-state index in [0.717, 1.165) is 16.1 Å². The summed E-state index contributed by atoms with van der Waals surface area (Å²) < 4.78 is 2.00. The van der Waals surface area contributed by atoms with Gasteiger partial charge in [0.15, 0.2) is 8.29 Å². The average molecular weight is 301 g/mol. The van der Waals surface area contributed by atoms with Crippen LogP contribution in [0.4, 0.5) is 0 Å². The van der Waals surface area contributed by atoms with Gasteiger partial charge in [-0.25, -0.2) is 0 Å². The Morgan fingerprint density at radius 2 is 2.36 bits per heavy atom. The van der Waals surface area contributed by atoms with Crippen LogP contribution in [-0.2, 0) is 0 Å². The number of nitrogens with two attached hydrogens (primary N) is 1. The fourth-order valence-corrected chi connectivity index (χ4v) is 4.61. The van der Waals surface area contributed by atoms with Gasteiger partial charge in [-0.05, 0) is 45.6 Å². The minimum Gasteiger partial charge on any atom is -0.384 e. The first kappa shape index (κ1) is 12.5. The lowest BCUT2D eigenvalue weighted by molar-refractivity contribution is 1.01. The van der Waals surface area contributed by atoms with E-state index in [1.54, 1.807) is 0 Å². The highest BCUT2D eigenvalue weighted by molar-refractivity contribution is 8.87. The molecular formula is C4H4N4S6. The molecule has 4 N–H and O–H groups in total. The molecule has 0 bridgehead atoms. The quantitative estimate of drug-likeness (QED) is 0.335. The first-order valence-electron chi connectivity index (χ1n) is 3.04. The van der Waals surface area contributed by atoms with Gasteiger partial charge in [0, 0.05) is 0 Å². The van der Waals surface area contributed by atoms with Crippen molar-refractivity contribution >= 4 is 77.8 Å². The minimum absolute atomic E-state index is 0.248. The number of aromatic nitrogens is 2. The van der Waals surface area contributed by atoms with Gasteiger partial charge in [-0.2, -0.15) is 5.10 Å². The fourth-order valence-electron chi connectivity index (χ4n) is 0.434. The zero-order chi connectivity index (χ0) is 10.6. The largest absolute Gasteiger partial charge is 0.384 e. The van der Waals surface area contributed by atoms with E-state index in [1.165, 1.54) is 32.9 Å². The normalized spacial score (nSPS) is 10.0. The summed E-state index contributed by atoms with van der Waals surface area (Å²) in [5.74, 6) is 0. The number of hydrogen-bond acceptors (Lipinski definition) is 8. The van der Waals surface area contributed by atoms with Gasteiger partial charge in [0.2, 0.25) is 0 Å². The number of hydrogen-bond donors (Lipinski definition) is 3. The Balaban J connectivity index is 2.37. The van der Waals surface area contributed by atoms with Crippen molar-refractivity contribution in [2.75, 3.05) is 0 Å². The predicted octanol–water partition coefficient (Wildman–Crippen LogP) is 2.85. The molecule has 76 valence electrons. The van der Waals surface area contributed by atoms with Crippen molar-refractivity contribution in [2.45, 2.75) is 4.34 Å². The summed E-state index contributed by atoms with van der Waals surface area (Å²) in [6.07, 6.45) is 0. The van der Waals surface area contributed by atoms with E-state index >= 15 is 0 Å². The summed E-state index contributed by atoms with van der Waals surface area (Å²) in [5.41, 5.74) is 5.26. The maximum Gasteiger partial charge on any atom is 0.183 e. The van der Waals surface area contributed by atoms with E-state index in [0.29, 0.717) is 8.33 Å². The Labute approximate surface area is 107 Å². The van der Waals surface area contributed by atoms with Crippen molar-refractivity contribution in [3.8, 4) is 0 Å². The van der Waals surface area contributed by atoms with Crippen molar-refractivity contribution < 1.29 is 0 Å². The molecule has 0 aliphatic rings. The van der Waals surface area contributed by atoms with Crippen molar-refractivity contribution in [1.82, 2.24) is 10.2 Å². The third kappa shape index (κ3) is 4.75. The summed E-state index contributed by atoms with van der Waals surface area (Å²) in [6.45, 7) is 0. The molecule has 1 aromatic heterocycles. The highest BCUT2D eigenvalue weighted by Crippen LogP contribution is 2.35. The molecule has 1 heterocycles. The zero-order valence-electron chi connectivity index (χ0n) is 6.47. The number of thioether (sulfide) groups is 1. The van der Waals surface area contributed by atoms with Crippen molar-refractivity contribution in [3.63, 3.8) is 0 Å². The second-order valence-electron chi connectivity index (χ2n) is 1.75. The summed E-state index contributed by atoms with van der Waals surface area (Å²) in [5, 5.41) is 14.0. The van der Waals surface area contributed by atoms with Crippen LogP contribution in [-0.4, -0.2) is 18.9 Å². The van der Waals surface area contributed by atoms with E-state index in [9.17, 15) is 0 Å². The van der Waals surface area contributed by atoms with E-state index in [4.69, 9.17) is 23.4 Å². The van der Waals surface area contributed by atoms with Crippen molar-refractivity contribution in [3.05, 3.63) is 3.95 Å². The van der Waals surface area contributed by atoms with Crippen LogP contribution in [0.3, 0.4) is 0 Å². The van der Waals surface area contributed by atoms with E-state index < -0.39 is 0 Å². The van der Waals surface area contributed by atoms with Crippen LogP contribution in [0.5, 0.6) is 0 Å². The number of nitrogens with one attached hydrogen (secondary N) is 2. The topological polar surface area (TPSA) is 78.5 Å². The molecule has 0 aromatic carbocycles. The third-order valence-electron chi connectivity index (χ3n) is 0.800.